The summed E-state index contributed by atoms with van der Waals surface area (Å²) in [6, 6.07) is 0. The van der Waals surface area contributed by atoms with Gasteiger partial charge in [-0.3, -0.25) is 0 Å². The molecule has 0 heterocycles. The van der Waals surface area contributed by atoms with Crippen LogP contribution in [0.1, 0.15) is 6.92 Å². The molecule has 0 aromatic carbocycles. The minimum absolute atomic E-state index is 0. The number of rotatable bonds is 3. The molecule has 0 spiro atoms. The molecule has 0 unspecified atom stereocenters. The van der Waals surface area contributed by atoms with Crippen LogP contribution in [-0.2, 0) is 40.6 Å². The molecular formula is C12H12FeO5. The summed E-state index contributed by atoms with van der Waals surface area (Å²) in [4.78, 5) is 10.5. The molecule has 0 aliphatic carbocycles. The van der Waals surface area contributed by atoms with Crippen molar-refractivity contribution in [3.63, 3.8) is 0 Å². The number of allylic oxidation sites excluding steroid dienone is 5. The molecule has 0 aliphatic rings. The van der Waals surface area contributed by atoms with Crippen LogP contribution in [0.25, 0.3) is 0 Å². The fraction of sp³-hybridized carbons (Fsp3) is 0.167. The van der Waals surface area contributed by atoms with Crippen LogP contribution in [0.2, 0.25) is 0 Å². The van der Waals surface area contributed by atoms with Crippen molar-refractivity contribution in [2.75, 3.05) is 7.11 Å². The number of methoxy groups -OCH3 is 1. The van der Waals surface area contributed by atoms with Crippen molar-refractivity contribution in [3.8, 4) is 0 Å². The maximum absolute atomic E-state index is 10.5. The van der Waals surface area contributed by atoms with Crippen molar-refractivity contribution >= 4 is 5.97 Å². The molecule has 0 saturated carbocycles. The minimum atomic E-state index is -0.338. The Kier molecular flexibility index (Phi) is 75.2. The summed E-state index contributed by atoms with van der Waals surface area (Å²) < 4.78 is 26.9. The number of hydrogen-bond acceptors (Lipinski definition) is 2. The fourth-order valence-corrected chi connectivity index (χ4v) is 0.442. The van der Waals surface area contributed by atoms with E-state index in [2.05, 4.69) is 24.7 Å². The molecule has 0 atom stereocenters. The van der Waals surface area contributed by atoms with Gasteiger partial charge in [-0.1, -0.05) is 30.4 Å². The zero-order chi connectivity index (χ0) is 14.5. The van der Waals surface area contributed by atoms with Crippen LogP contribution in [0, 0.1) is 20.0 Å². The van der Waals surface area contributed by atoms with Gasteiger partial charge in [0.1, 0.15) is 0 Å². The zero-order valence-electron chi connectivity index (χ0n) is 9.86. The molecule has 0 aliphatic heterocycles. The van der Waals surface area contributed by atoms with Crippen molar-refractivity contribution in [1.82, 2.24) is 0 Å². The predicted molar refractivity (Wildman–Crippen MR) is 56.9 cm³/mol. The van der Waals surface area contributed by atoms with E-state index in [1.54, 1.807) is 12.2 Å². The third-order valence-electron chi connectivity index (χ3n) is 0.959. The van der Waals surface area contributed by atoms with Crippen LogP contribution < -0.4 is 0 Å². The van der Waals surface area contributed by atoms with E-state index in [0.29, 0.717) is 0 Å². The second-order valence-electron chi connectivity index (χ2n) is 1.79. The quantitative estimate of drug-likeness (QED) is 0.198. The van der Waals surface area contributed by atoms with Gasteiger partial charge in [0.15, 0.2) is 0 Å². The predicted octanol–water partition coefficient (Wildman–Crippen LogP) is 1.73. The summed E-state index contributed by atoms with van der Waals surface area (Å²) in [6.07, 6.45) is 10.4. The molecule has 0 amide bonds. The molecule has 18 heavy (non-hydrogen) atoms. The molecule has 0 aromatic rings. The Morgan fingerprint density at radius 3 is 1.67 bits per heavy atom. The van der Waals surface area contributed by atoms with E-state index in [4.69, 9.17) is 14.0 Å². The van der Waals surface area contributed by atoms with Gasteiger partial charge < -0.3 is 4.74 Å². The van der Waals surface area contributed by atoms with Crippen LogP contribution in [0.3, 0.4) is 0 Å². The molecule has 0 saturated heterocycles. The maximum atomic E-state index is 10.5. The van der Waals surface area contributed by atoms with Gasteiger partial charge in [0.05, 0.1) is 7.11 Å². The average molecular weight is 292 g/mol. The van der Waals surface area contributed by atoms with Crippen LogP contribution in [0.4, 0.5) is 0 Å². The van der Waals surface area contributed by atoms with E-state index >= 15 is 0 Å². The summed E-state index contributed by atoms with van der Waals surface area (Å²) in [6.45, 7) is 15.4. The average Bonchev–Trinajstić information content (AvgIpc) is 2.45. The Hall–Kier alpha value is -1.57. The molecule has 0 radical (unpaired) electrons. The van der Waals surface area contributed by atoms with Gasteiger partial charge in [0, 0.05) is 23.1 Å². The van der Waals surface area contributed by atoms with Crippen LogP contribution >= 0.6 is 0 Å². The van der Waals surface area contributed by atoms with Crippen molar-refractivity contribution < 1.29 is 40.6 Å². The first kappa shape index (κ1) is 29.9. The van der Waals surface area contributed by atoms with Crippen LogP contribution in [-0.4, -0.2) is 13.1 Å². The van der Waals surface area contributed by atoms with Gasteiger partial charge in [-0.15, -0.1) is 0 Å². The van der Waals surface area contributed by atoms with Gasteiger partial charge >= 0.3 is 39.9 Å². The normalized spacial score (nSPS) is 7.56. The number of esters is 1. The molecular weight excluding hydrogens is 280 g/mol. The second-order valence-corrected chi connectivity index (χ2v) is 1.79. The Morgan fingerprint density at radius 1 is 0.944 bits per heavy atom. The van der Waals surface area contributed by atoms with E-state index < -0.39 is 0 Å². The Labute approximate surface area is 117 Å². The Balaban J connectivity index is -0.0000000700. The number of carbonyl (C=O) groups excluding carboxylic acids is 1. The smallest absolute Gasteiger partial charge is 0 e. The van der Waals surface area contributed by atoms with Crippen molar-refractivity contribution in [3.05, 3.63) is 56.4 Å². The van der Waals surface area contributed by atoms with E-state index in [0.717, 1.165) is 0 Å². The zero-order valence-corrected chi connectivity index (χ0v) is 11.0. The first-order chi connectivity index (χ1) is 8.31. The molecule has 6 heteroatoms. The molecule has 5 nitrogen and oxygen atoms in total. The number of carbonyl (C=O) groups is 1. The number of ether oxygens (including phenoxy) is 1. The van der Waals surface area contributed by atoms with E-state index in [-0.39, 0.29) is 23.0 Å². The van der Waals surface area contributed by atoms with E-state index in [1.165, 1.54) is 13.2 Å². The number of hydrogen-bond donors (Lipinski definition) is 0. The first-order valence-corrected chi connectivity index (χ1v) is 3.96. The maximum Gasteiger partial charge on any atom is 0 e. The molecule has 0 N–H and O–H groups in total. The SMILES string of the molecule is C/C=C/C=C/C=C\C(=O)OC.[C-]#[O+].[C-]#[O+].[C-]#[O+].[Fe]. The minimum Gasteiger partial charge on any atom is 0 e. The largest absolute Gasteiger partial charge is 0 e. The second kappa shape index (κ2) is 45.2. The van der Waals surface area contributed by atoms with Crippen LogP contribution in [0.5, 0.6) is 0 Å². The van der Waals surface area contributed by atoms with E-state index in [9.17, 15) is 4.79 Å². The Morgan fingerprint density at radius 2 is 1.33 bits per heavy atom. The molecule has 98 valence electrons. The van der Waals surface area contributed by atoms with Crippen molar-refractivity contribution in [1.29, 1.82) is 0 Å². The molecule has 0 rings (SSSR count). The van der Waals surface area contributed by atoms with Crippen molar-refractivity contribution in [2.24, 2.45) is 0 Å². The fourth-order valence-electron chi connectivity index (χ4n) is 0.442. The van der Waals surface area contributed by atoms with Gasteiger partial charge in [0.25, 0.3) is 0 Å². The molecule has 0 fully saturated rings. The van der Waals surface area contributed by atoms with Crippen LogP contribution in [0.15, 0.2) is 36.5 Å². The summed E-state index contributed by atoms with van der Waals surface area (Å²) in [5.74, 6) is -0.338. The van der Waals surface area contributed by atoms with Gasteiger partial charge in [-0.2, -0.15) is 0 Å². The molecule has 0 bridgehead atoms. The first-order valence-electron chi connectivity index (χ1n) is 3.96. The van der Waals surface area contributed by atoms with Gasteiger partial charge in [-0.05, 0) is 6.92 Å². The van der Waals surface area contributed by atoms with Gasteiger partial charge in [0.2, 0.25) is 0 Å². The van der Waals surface area contributed by atoms with E-state index in [1.807, 2.05) is 25.2 Å². The topological polar surface area (TPSA) is 86.0 Å². The third-order valence-corrected chi connectivity index (χ3v) is 0.959. The summed E-state index contributed by atoms with van der Waals surface area (Å²) in [7, 11) is 1.35. The monoisotopic (exact) mass is 292 g/mol. The standard InChI is InChI=1S/C9H12O2.3CO.Fe/c1-3-4-5-6-7-8-9(10)11-2;3*1-2;/h3-8H,1-2H3;;;;/b4-3+,6-5+,8-7-;;;;. The van der Waals surface area contributed by atoms with Crippen molar-refractivity contribution in [2.45, 2.75) is 6.92 Å². The molecule has 0 aromatic heterocycles. The summed E-state index contributed by atoms with van der Waals surface area (Å²) in [5, 5.41) is 0. The van der Waals surface area contributed by atoms with Gasteiger partial charge in [-0.25, -0.2) is 4.79 Å². The summed E-state index contributed by atoms with van der Waals surface area (Å²) in [5.41, 5.74) is 0. The third kappa shape index (κ3) is 47.1. The summed E-state index contributed by atoms with van der Waals surface area (Å²) >= 11 is 0. The Bertz CT molecular complexity index is 283.